The number of nitrogens with one attached hydrogen (secondary N) is 4. The molecule has 1 aliphatic heterocycles. The van der Waals surface area contributed by atoms with Crippen molar-refractivity contribution in [3.63, 3.8) is 0 Å². The minimum atomic E-state index is -0.0257. The molecule has 0 aromatic heterocycles. The largest absolute Gasteiger partial charge is 0.356 e. The molecule has 1 heterocycles. The van der Waals surface area contributed by atoms with Gasteiger partial charge in [-0.15, -0.1) is 49.4 Å². The molecule has 1 aliphatic rings. The summed E-state index contributed by atoms with van der Waals surface area (Å²) in [6, 6.07) is 0.455. The van der Waals surface area contributed by atoms with Gasteiger partial charge in [0.05, 0.1) is 0 Å². The highest BCUT2D eigenvalue weighted by atomic mass is 16.2. The molecule has 0 aliphatic carbocycles. The van der Waals surface area contributed by atoms with Gasteiger partial charge in [-0.1, -0.05) is 0 Å². The molecule has 0 spiro atoms. The first-order valence-corrected chi connectivity index (χ1v) is 19.9. The third-order valence-electron chi connectivity index (χ3n) is 9.43. The molecule has 4 N–H and O–H groups in total. The third-order valence-corrected chi connectivity index (χ3v) is 9.43. The van der Waals surface area contributed by atoms with Crippen molar-refractivity contribution in [1.29, 1.82) is 0 Å². The normalized spacial score (nSPS) is 14.4. The molecule has 12 heteroatoms. The summed E-state index contributed by atoms with van der Waals surface area (Å²) in [5.41, 5.74) is 0. The Morgan fingerprint density at radius 1 is 0.537 bits per heavy atom. The predicted octanol–water partition coefficient (Wildman–Crippen LogP) is 1.67. The van der Waals surface area contributed by atoms with E-state index in [1.165, 1.54) is 0 Å². The zero-order valence-corrected chi connectivity index (χ0v) is 33.1. The van der Waals surface area contributed by atoms with Gasteiger partial charge >= 0.3 is 0 Å². The fraction of sp³-hybridized carbons (Fsp3) is 0.714. The summed E-state index contributed by atoms with van der Waals surface area (Å²) in [4.78, 5) is 58.7. The Bertz CT molecular complexity index is 1210. The lowest BCUT2D eigenvalue weighted by atomic mass is 10.1. The van der Waals surface area contributed by atoms with Crippen LogP contribution in [0.15, 0.2) is 0 Å². The molecule has 0 radical (unpaired) electrons. The monoisotopic (exact) mass is 749 g/mol. The zero-order valence-electron chi connectivity index (χ0n) is 33.1. The lowest BCUT2D eigenvalue weighted by molar-refractivity contribution is -0.123. The van der Waals surface area contributed by atoms with Crippen molar-refractivity contribution in [2.45, 2.75) is 96.4 Å². The minimum absolute atomic E-state index is 0.00780. The Hall–Kier alpha value is -4.04. The molecule has 1 saturated heterocycles. The van der Waals surface area contributed by atoms with Crippen molar-refractivity contribution in [3.8, 4) is 49.4 Å². The maximum Gasteiger partial charge on any atom is 0.221 e. The van der Waals surface area contributed by atoms with Crippen molar-refractivity contribution in [3.05, 3.63) is 0 Å². The van der Waals surface area contributed by atoms with Gasteiger partial charge in [-0.05, 0) is 65.2 Å². The van der Waals surface area contributed by atoms with Crippen LogP contribution in [-0.2, 0) is 19.2 Å². The van der Waals surface area contributed by atoms with Gasteiger partial charge in [0.15, 0.2) is 0 Å². The molecule has 1 atom stereocenters. The standard InChI is InChI=1S/C42H68N8O4/c1-6-10-14-26-46-42(54)22-34-47(31-19-39(51)43-23-11-7-2)27-15-16-29-49-35-36-50(38(5)37-49)30-18-17-28-48(32-20-40(52)44-24-12-8-3)33-21-41(53)45-25-13-9-4/h1-4,38H,10-37H2,5H3,(H,43,51)(H,44,52)(H,45,53)(H,46,54). The summed E-state index contributed by atoms with van der Waals surface area (Å²) in [6.45, 7) is 13.5. The number of piperazine rings is 1. The summed E-state index contributed by atoms with van der Waals surface area (Å²) in [5, 5.41) is 11.5. The van der Waals surface area contributed by atoms with E-state index in [0.29, 0.717) is 110 Å². The van der Waals surface area contributed by atoms with Crippen LogP contribution in [0.5, 0.6) is 0 Å². The van der Waals surface area contributed by atoms with Gasteiger partial charge in [0.1, 0.15) is 0 Å². The van der Waals surface area contributed by atoms with Crippen molar-refractivity contribution in [2.24, 2.45) is 0 Å². The molecule has 1 rings (SSSR count). The molecule has 12 nitrogen and oxygen atoms in total. The van der Waals surface area contributed by atoms with Crippen LogP contribution in [0.1, 0.15) is 90.4 Å². The summed E-state index contributed by atoms with van der Waals surface area (Å²) in [5.74, 6) is 10.1. The van der Waals surface area contributed by atoms with Crippen LogP contribution in [0.25, 0.3) is 0 Å². The average molecular weight is 749 g/mol. The lowest BCUT2D eigenvalue weighted by Gasteiger charge is -2.40. The number of terminal acetylenes is 4. The molecular formula is C42H68N8O4. The number of hydrogen-bond donors (Lipinski definition) is 4. The maximum absolute atomic E-state index is 12.4. The molecule has 1 fully saturated rings. The van der Waals surface area contributed by atoms with Gasteiger partial charge in [-0.25, -0.2) is 0 Å². The van der Waals surface area contributed by atoms with Crippen LogP contribution in [-0.4, -0.2) is 147 Å². The van der Waals surface area contributed by atoms with E-state index in [1.54, 1.807) is 0 Å². The van der Waals surface area contributed by atoms with Crippen molar-refractivity contribution in [1.82, 2.24) is 40.9 Å². The van der Waals surface area contributed by atoms with E-state index in [1.807, 2.05) is 0 Å². The summed E-state index contributed by atoms with van der Waals surface area (Å²) >= 11 is 0. The van der Waals surface area contributed by atoms with E-state index in [4.69, 9.17) is 25.7 Å². The fourth-order valence-corrected chi connectivity index (χ4v) is 6.23. The number of nitrogens with zero attached hydrogens (tertiary/aromatic N) is 4. The van der Waals surface area contributed by atoms with Crippen LogP contribution in [0.3, 0.4) is 0 Å². The molecule has 4 amide bonds. The molecule has 1 unspecified atom stereocenters. The second kappa shape index (κ2) is 32.4. The van der Waals surface area contributed by atoms with Crippen LogP contribution in [0.4, 0.5) is 0 Å². The number of hydrogen-bond acceptors (Lipinski definition) is 8. The van der Waals surface area contributed by atoms with Crippen LogP contribution in [0.2, 0.25) is 0 Å². The highest BCUT2D eigenvalue weighted by molar-refractivity contribution is 5.77. The first kappa shape index (κ1) is 48.0. The highest BCUT2D eigenvalue weighted by Gasteiger charge is 2.23. The second-order valence-corrected chi connectivity index (χ2v) is 13.9. The smallest absolute Gasteiger partial charge is 0.221 e. The summed E-state index contributed by atoms with van der Waals surface area (Å²) < 4.78 is 0. The van der Waals surface area contributed by atoms with E-state index in [2.05, 4.69) is 71.5 Å². The van der Waals surface area contributed by atoms with Crippen LogP contribution in [0, 0.1) is 49.4 Å². The lowest BCUT2D eigenvalue weighted by Crippen LogP contribution is -2.52. The second-order valence-electron chi connectivity index (χ2n) is 13.9. The maximum atomic E-state index is 12.4. The Balaban J connectivity index is 2.47. The number of rotatable bonds is 31. The summed E-state index contributed by atoms with van der Waals surface area (Å²) in [7, 11) is 0. The molecule has 0 bridgehead atoms. The van der Waals surface area contributed by atoms with Crippen molar-refractivity contribution in [2.75, 3.05) is 98.2 Å². The van der Waals surface area contributed by atoms with Gasteiger partial charge in [0.2, 0.25) is 23.6 Å². The Morgan fingerprint density at radius 2 is 0.944 bits per heavy atom. The molecule has 0 aromatic rings. The van der Waals surface area contributed by atoms with Crippen molar-refractivity contribution < 1.29 is 19.2 Å². The van der Waals surface area contributed by atoms with E-state index in [0.717, 1.165) is 77.9 Å². The molecule has 0 saturated carbocycles. The Labute approximate surface area is 327 Å². The van der Waals surface area contributed by atoms with Gasteiger partial charge in [0.25, 0.3) is 0 Å². The highest BCUT2D eigenvalue weighted by Crippen LogP contribution is 2.12. The predicted molar refractivity (Wildman–Crippen MR) is 218 cm³/mol. The van der Waals surface area contributed by atoms with Gasteiger partial charge in [0, 0.05) is 129 Å². The fourth-order valence-electron chi connectivity index (χ4n) is 6.23. The number of carbonyl (C=O) groups is 4. The first-order chi connectivity index (χ1) is 26.2. The van der Waals surface area contributed by atoms with Gasteiger partial charge in [-0.3, -0.25) is 24.1 Å². The van der Waals surface area contributed by atoms with E-state index >= 15 is 0 Å². The average Bonchev–Trinajstić information content (AvgIpc) is 3.16. The minimum Gasteiger partial charge on any atom is -0.356 e. The Morgan fingerprint density at radius 3 is 1.35 bits per heavy atom. The molecule has 0 aromatic carbocycles. The van der Waals surface area contributed by atoms with Crippen molar-refractivity contribution >= 4 is 23.6 Å². The molecule has 54 heavy (non-hydrogen) atoms. The summed E-state index contributed by atoms with van der Waals surface area (Å²) in [6.07, 6.45) is 29.7. The molecule has 300 valence electrons. The first-order valence-electron chi connectivity index (χ1n) is 19.9. The SMILES string of the molecule is C#CCCCNC(=O)CCN(CCCCN1CCN(CCCCN(CCC(=O)NCCC#C)CCC(=O)NCCC#C)C(C)C1)CCC(=O)NCCC#C. The Kier molecular flexibility index (Phi) is 28.8. The quantitative estimate of drug-likeness (QED) is 0.0624. The zero-order chi connectivity index (χ0) is 39.7. The van der Waals surface area contributed by atoms with Gasteiger partial charge < -0.3 is 36.0 Å². The third kappa shape index (κ3) is 25.9. The topological polar surface area (TPSA) is 129 Å². The van der Waals surface area contributed by atoms with E-state index < -0.39 is 0 Å². The van der Waals surface area contributed by atoms with Crippen LogP contribution < -0.4 is 21.3 Å². The van der Waals surface area contributed by atoms with E-state index in [9.17, 15) is 19.2 Å². The number of amides is 4. The van der Waals surface area contributed by atoms with Crippen LogP contribution >= 0.6 is 0 Å². The van der Waals surface area contributed by atoms with Gasteiger partial charge in [-0.2, -0.15) is 0 Å². The number of unbranched alkanes of at least 4 members (excludes halogenated alkanes) is 3. The number of carbonyl (C=O) groups excluding carboxylic acids is 4. The van der Waals surface area contributed by atoms with E-state index in [-0.39, 0.29) is 23.6 Å². The molecular weight excluding hydrogens is 681 g/mol.